The first-order chi connectivity index (χ1) is 14.4. The molecule has 0 bridgehead atoms. The van der Waals surface area contributed by atoms with Crippen LogP contribution in [0.15, 0.2) is 47.4 Å². The van der Waals surface area contributed by atoms with E-state index < -0.39 is 20.8 Å². The number of hydrogen-bond donors (Lipinski definition) is 1. The molecule has 0 aliphatic heterocycles. The Balaban J connectivity index is 0.00000480. The Morgan fingerprint density at radius 2 is 1.39 bits per heavy atom. The minimum Gasteiger partial charge on any atom is -0.872 e. The van der Waals surface area contributed by atoms with Crippen LogP contribution in [0.3, 0.4) is 0 Å². The van der Waals surface area contributed by atoms with E-state index in [4.69, 9.17) is 4.74 Å². The van der Waals surface area contributed by atoms with Gasteiger partial charge >= 0.3 is 51.4 Å². The van der Waals surface area contributed by atoms with E-state index >= 15 is 0 Å². The summed E-state index contributed by atoms with van der Waals surface area (Å²) in [6, 6.07) is 10.8. The molecule has 2 rings (SSSR count). The second kappa shape index (κ2) is 15.4. The fraction of sp³-hybridized carbons (Fsp3) is 0.500. The van der Waals surface area contributed by atoms with Crippen molar-refractivity contribution in [3.8, 4) is 17.2 Å². The quantitative estimate of drug-likeness (QED) is 0.259. The van der Waals surface area contributed by atoms with Gasteiger partial charge in [0.25, 0.3) is 10.1 Å². The van der Waals surface area contributed by atoms with Gasteiger partial charge in [-0.1, -0.05) is 82.9 Å². The van der Waals surface area contributed by atoms with Gasteiger partial charge in [-0.2, -0.15) is 8.42 Å². The molecule has 0 aromatic heterocycles. The minimum absolute atomic E-state index is 0. The summed E-state index contributed by atoms with van der Waals surface area (Å²) in [4.78, 5) is -0.524. The average Bonchev–Trinajstić information content (AvgIpc) is 2.71. The van der Waals surface area contributed by atoms with Crippen molar-refractivity contribution in [2.24, 2.45) is 0 Å². The zero-order chi connectivity index (χ0) is 21.8. The minimum atomic E-state index is -4.54. The monoisotopic (exact) mass is 472 g/mol. The van der Waals surface area contributed by atoms with Gasteiger partial charge in [0.05, 0.1) is 0 Å². The topological polar surface area (TPSA) is 86.7 Å². The van der Waals surface area contributed by atoms with E-state index in [9.17, 15) is 18.1 Å². The number of rotatable bonds is 14. The number of unbranched alkanes of at least 4 members (excludes halogenated alkanes) is 9. The predicted octanol–water partition coefficient (Wildman–Crippen LogP) is 3.27. The largest absolute Gasteiger partial charge is 1.00 e. The maximum atomic E-state index is 11.5. The summed E-state index contributed by atoms with van der Waals surface area (Å²) in [7, 11) is -4.54. The van der Waals surface area contributed by atoms with E-state index in [1.807, 2.05) is 12.1 Å². The SMILES string of the molecule is CCCCCCCCCCCCc1ccc(Oc2ccc([O-])cc2S(=O)(=O)O)cc1.[K+]. The molecular weight excluding hydrogens is 439 g/mol. The molecule has 7 heteroatoms. The molecule has 0 heterocycles. The van der Waals surface area contributed by atoms with Crippen LogP contribution in [0.1, 0.15) is 76.7 Å². The first-order valence-corrected chi connectivity index (χ1v) is 12.4. The van der Waals surface area contributed by atoms with Crippen molar-refractivity contribution in [3.05, 3.63) is 48.0 Å². The molecule has 2 aromatic carbocycles. The first-order valence-electron chi connectivity index (χ1n) is 11.0. The van der Waals surface area contributed by atoms with Crippen molar-refractivity contribution >= 4 is 10.1 Å². The van der Waals surface area contributed by atoms with Crippen molar-refractivity contribution in [1.82, 2.24) is 0 Å². The molecule has 0 fully saturated rings. The third-order valence-corrected chi connectivity index (χ3v) is 6.04. The molecule has 0 radical (unpaired) electrons. The van der Waals surface area contributed by atoms with Gasteiger partial charge in [0.2, 0.25) is 0 Å². The van der Waals surface area contributed by atoms with Gasteiger partial charge in [-0.05, 0) is 42.7 Å². The Labute approximate surface area is 229 Å². The van der Waals surface area contributed by atoms with E-state index in [-0.39, 0.29) is 57.1 Å². The van der Waals surface area contributed by atoms with Crippen LogP contribution in [0, 0.1) is 0 Å². The van der Waals surface area contributed by atoms with E-state index in [2.05, 4.69) is 6.92 Å². The third kappa shape index (κ3) is 11.3. The molecule has 31 heavy (non-hydrogen) atoms. The van der Waals surface area contributed by atoms with Gasteiger partial charge in [0.15, 0.2) is 0 Å². The molecular formula is C24H33KO5S. The Morgan fingerprint density at radius 3 is 1.94 bits per heavy atom. The van der Waals surface area contributed by atoms with Gasteiger partial charge in [-0.25, -0.2) is 0 Å². The Morgan fingerprint density at radius 1 is 0.839 bits per heavy atom. The molecule has 5 nitrogen and oxygen atoms in total. The summed E-state index contributed by atoms with van der Waals surface area (Å²) in [5.74, 6) is -0.133. The van der Waals surface area contributed by atoms with Crippen LogP contribution in [-0.2, 0) is 16.5 Å². The summed E-state index contributed by atoms with van der Waals surface area (Å²) < 4.78 is 37.8. The van der Waals surface area contributed by atoms with Crippen molar-refractivity contribution in [2.45, 2.75) is 82.4 Å². The van der Waals surface area contributed by atoms with Gasteiger partial charge in [0, 0.05) is 0 Å². The molecule has 0 atom stereocenters. The van der Waals surface area contributed by atoms with Gasteiger partial charge in [-0.15, -0.1) is 5.75 Å². The average molecular weight is 473 g/mol. The van der Waals surface area contributed by atoms with Crippen LogP contribution in [0.2, 0.25) is 0 Å². The third-order valence-electron chi connectivity index (χ3n) is 5.16. The molecule has 0 aliphatic rings. The second-order valence-electron chi connectivity index (χ2n) is 7.76. The van der Waals surface area contributed by atoms with Crippen LogP contribution >= 0.6 is 0 Å². The van der Waals surface area contributed by atoms with Crippen molar-refractivity contribution in [1.29, 1.82) is 0 Å². The van der Waals surface area contributed by atoms with E-state index in [0.29, 0.717) is 5.75 Å². The van der Waals surface area contributed by atoms with Gasteiger partial charge in [-0.3, -0.25) is 4.55 Å². The smallest absolute Gasteiger partial charge is 0.872 e. The van der Waals surface area contributed by atoms with Gasteiger partial charge in [0.1, 0.15) is 16.4 Å². The summed E-state index contributed by atoms with van der Waals surface area (Å²) in [5.41, 5.74) is 1.20. The maximum absolute atomic E-state index is 11.5. The van der Waals surface area contributed by atoms with E-state index in [0.717, 1.165) is 18.9 Å². The molecule has 0 aliphatic carbocycles. The molecule has 2 aromatic rings. The van der Waals surface area contributed by atoms with E-state index in [1.54, 1.807) is 12.1 Å². The second-order valence-corrected chi connectivity index (χ2v) is 9.15. The molecule has 0 unspecified atom stereocenters. The van der Waals surface area contributed by atoms with Crippen LogP contribution in [-0.4, -0.2) is 13.0 Å². The van der Waals surface area contributed by atoms with Crippen LogP contribution in [0.25, 0.3) is 0 Å². The maximum Gasteiger partial charge on any atom is 1.00 e. The van der Waals surface area contributed by atoms with Crippen LogP contribution < -0.4 is 61.2 Å². The fourth-order valence-electron chi connectivity index (χ4n) is 3.44. The van der Waals surface area contributed by atoms with Gasteiger partial charge < -0.3 is 9.84 Å². The normalized spacial score (nSPS) is 11.2. The van der Waals surface area contributed by atoms with E-state index in [1.165, 1.54) is 75.5 Å². The molecule has 0 amide bonds. The standard InChI is InChI=1S/C24H34O5S.K/c1-2-3-4-5-6-7-8-9-10-11-12-20-13-16-22(17-14-20)29-23-18-15-21(25)19-24(23)30(26,27)28;/h13-19,25H,2-12H2,1H3,(H,26,27,28);/q;+1/p-1. The summed E-state index contributed by atoms with van der Waals surface area (Å²) in [6.07, 6.45) is 14.1. The van der Waals surface area contributed by atoms with Crippen molar-refractivity contribution in [2.75, 3.05) is 0 Å². The molecule has 1 N–H and O–H groups in total. The summed E-state index contributed by atoms with van der Waals surface area (Å²) in [5, 5.41) is 11.4. The number of ether oxygens (including phenoxy) is 1. The first kappa shape index (κ1) is 28.6. The molecule has 166 valence electrons. The number of hydrogen-bond acceptors (Lipinski definition) is 4. The Kier molecular flexibility index (Phi) is 14.2. The predicted molar refractivity (Wildman–Crippen MR) is 118 cm³/mol. The zero-order valence-corrected chi connectivity index (χ0v) is 22.7. The summed E-state index contributed by atoms with van der Waals surface area (Å²) >= 11 is 0. The van der Waals surface area contributed by atoms with Crippen molar-refractivity contribution in [3.63, 3.8) is 0 Å². The Bertz CT molecular complexity index is 866. The molecule has 0 saturated heterocycles. The fourth-order valence-corrected chi connectivity index (χ4v) is 4.07. The zero-order valence-electron chi connectivity index (χ0n) is 18.8. The van der Waals surface area contributed by atoms with Crippen molar-refractivity contribution < 1.29 is 74.2 Å². The summed E-state index contributed by atoms with van der Waals surface area (Å²) in [6.45, 7) is 2.24. The molecule has 0 spiro atoms. The molecule has 0 saturated carbocycles. The number of aryl methyl sites for hydroxylation is 1. The Hall–Kier alpha value is -0.414. The number of benzene rings is 2. The van der Waals surface area contributed by atoms with Crippen LogP contribution in [0.4, 0.5) is 0 Å². The van der Waals surface area contributed by atoms with Crippen LogP contribution in [0.5, 0.6) is 17.2 Å².